The molecule has 3 rings (SSSR count). The molecule has 17 heavy (non-hydrogen) atoms. The Bertz CT molecular complexity index is 440. The summed E-state index contributed by atoms with van der Waals surface area (Å²) in [6.07, 6.45) is 4.74. The first-order chi connectivity index (χ1) is 8.19. The lowest BCUT2D eigenvalue weighted by molar-refractivity contribution is 0.349. The van der Waals surface area contributed by atoms with Crippen LogP contribution >= 0.6 is 23.8 Å². The Morgan fingerprint density at radius 3 is 2.47 bits per heavy atom. The fourth-order valence-electron chi connectivity index (χ4n) is 2.54. The summed E-state index contributed by atoms with van der Waals surface area (Å²) in [4.78, 5) is 0. The minimum absolute atomic E-state index is 0.0171. The minimum Gasteiger partial charge on any atom is -0.342 e. The van der Waals surface area contributed by atoms with E-state index in [2.05, 4.69) is 10.7 Å². The van der Waals surface area contributed by atoms with Crippen LogP contribution in [-0.2, 0) is 0 Å². The zero-order valence-corrected chi connectivity index (χ0v) is 10.9. The maximum atomic E-state index is 5.89. The molecule has 0 radical (unpaired) electrons. The summed E-state index contributed by atoms with van der Waals surface area (Å²) in [6, 6.07) is 7.69. The molecular formula is C12H14ClN3S. The Hall–Kier alpha value is -0.840. The zero-order valence-electron chi connectivity index (χ0n) is 9.37. The van der Waals surface area contributed by atoms with Crippen LogP contribution in [0.4, 0.5) is 5.69 Å². The second kappa shape index (κ2) is 4.12. The summed E-state index contributed by atoms with van der Waals surface area (Å²) in [6.45, 7) is 0. The lowest BCUT2D eigenvalue weighted by atomic mass is 10.1. The predicted octanol–water partition coefficient (Wildman–Crippen LogP) is 2.81. The number of hydrogen-bond acceptors (Lipinski definition) is 2. The van der Waals surface area contributed by atoms with Gasteiger partial charge in [0.15, 0.2) is 5.11 Å². The van der Waals surface area contributed by atoms with E-state index < -0.39 is 0 Å². The van der Waals surface area contributed by atoms with Crippen LogP contribution in [-0.4, -0.2) is 10.8 Å². The van der Waals surface area contributed by atoms with Crippen LogP contribution in [0.3, 0.4) is 0 Å². The molecule has 5 heteroatoms. The SMILES string of the molecule is S=C1NC2(CCCC2)NN1c1ccc(Cl)cc1. The number of nitrogens with zero attached hydrogens (tertiary/aromatic N) is 1. The molecule has 2 fully saturated rings. The van der Waals surface area contributed by atoms with E-state index in [0.717, 1.165) is 28.7 Å². The number of halogens is 1. The van der Waals surface area contributed by atoms with Crippen molar-refractivity contribution >= 4 is 34.6 Å². The van der Waals surface area contributed by atoms with Gasteiger partial charge in [0, 0.05) is 5.02 Å². The van der Waals surface area contributed by atoms with Gasteiger partial charge >= 0.3 is 0 Å². The van der Waals surface area contributed by atoms with Crippen molar-refractivity contribution in [1.82, 2.24) is 10.7 Å². The normalized spacial score (nSPS) is 22.2. The van der Waals surface area contributed by atoms with Gasteiger partial charge in [0.25, 0.3) is 0 Å². The van der Waals surface area contributed by atoms with E-state index in [1.165, 1.54) is 12.8 Å². The van der Waals surface area contributed by atoms with Crippen LogP contribution in [0.25, 0.3) is 0 Å². The van der Waals surface area contributed by atoms with E-state index in [9.17, 15) is 0 Å². The molecule has 3 nitrogen and oxygen atoms in total. The number of hydrogen-bond donors (Lipinski definition) is 2. The summed E-state index contributed by atoms with van der Waals surface area (Å²) in [7, 11) is 0. The van der Waals surface area contributed by atoms with Gasteiger partial charge in [0.05, 0.1) is 5.69 Å². The second-order valence-corrected chi connectivity index (χ2v) is 5.47. The van der Waals surface area contributed by atoms with Gasteiger partial charge in [-0.25, -0.2) is 5.43 Å². The average molecular weight is 268 g/mol. The van der Waals surface area contributed by atoms with Gasteiger partial charge in [0.2, 0.25) is 0 Å². The molecule has 1 saturated carbocycles. The maximum absolute atomic E-state index is 5.89. The van der Waals surface area contributed by atoms with E-state index >= 15 is 0 Å². The molecule has 0 amide bonds. The predicted molar refractivity (Wildman–Crippen MR) is 74.0 cm³/mol. The van der Waals surface area contributed by atoms with Crippen LogP contribution in [0.15, 0.2) is 24.3 Å². The molecule has 0 unspecified atom stereocenters. The largest absolute Gasteiger partial charge is 0.342 e. The van der Waals surface area contributed by atoms with Gasteiger partial charge in [-0.2, -0.15) is 0 Å². The van der Waals surface area contributed by atoms with Gasteiger partial charge in [-0.15, -0.1) is 0 Å². The number of benzene rings is 1. The Labute approximate surface area is 111 Å². The van der Waals surface area contributed by atoms with E-state index in [1.807, 2.05) is 29.3 Å². The number of anilines is 1. The van der Waals surface area contributed by atoms with Crippen molar-refractivity contribution in [3.8, 4) is 0 Å². The van der Waals surface area contributed by atoms with Crippen LogP contribution < -0.4 is 15.8 Å². The number of rotatable bonds is 1. The Balaban J connectivity index is 1.85. The standard InChI is InChI=1S/C12H14ClN3S/c13-9-3-5-10(6-4-9)16-11(17)14-12(15-16)7-1-2-8-12/h3-6,15H,1-2,7-8H2,(H,14,17). The molecule has 1 aliphatic heterocycles. The van der Waals surface area contributed by atoms with E-state index in [1.54, 1.807) is 0 Å². The monoisotopic (exact) mass is 267 g/mol. The molecule has 1 aromatic rings. The number of nitrogens with one attached hydrogen (secondary N) is 2. The summed E-state index contributed by atoms with van der Waals surface area (Å²) in [5, 5.41) is 6.83. The van der Waals surface area contributed by atoms with E-state index in [0.29, 0.717) is 0 Å². The third kappa shape index (κ3) is 2.01. The summed E-state index contributed by atoms with van der Waals surface area (Å²) in [5.41, 5.74) is 4.50. The molecule has 1 aliphatic carbocycles. The Morgan fingerprint density at radius 2 is 1.82 bits per heavy atom. The summed E-state index contributed by atoms with van der Waals surface area (Å²) in [5.74, 6) is 0. The fraction of sp³-hybridized carbons (Fsp3) is 0.417. The molecular weight excluding hydrogens is 254 g/mol. The first-order valence-electron chi connectivity index (χ1n) is 5.84. The maximum Gasteiger partial charge on any atom is 0.189 e. The highest BCUT2D eigenvalue weighted by Gasteiger charge is 2.42. The topological polar surface area (TPSA) is 27.3 Å². The van der Waals surface area contributed by atoms with Crippen molar-refractivity contribution in [3.63, 3.8) is 0 Å². The lowest BCUT2D eigenvalue weighted by Crippen LogP contribution is -2.48. The number of thiocarbonyl (C=S) groups is 1. The Morgan fingerprint density at radius 1 is 1.18 bits per heavy atom. The molecule has 1 heterocycles. The van der Waals surface area contributed by atoms with Crippen molar-refractivity contribution in [3.05, 3.63) is 29.3 Å². The van der Waals surface area contributed by atoms with Gasteiger partial charge in [-0.3, -0.25) is 5.01 Å². The smallest absolute Gasteiger partial charge is 0.189 e. The van der Waals surface area contributed by atoms with Crippen molar-refractivity contribution < 1.29 is 0 Å². The van der Waals surface area contributed by atoms with Crippen LogP contribution in [0.5, 0.6) is 0 Å². The van der Waals surface area contributed by atoms with Crippen molar-refractivity contribution in [1.29, 1.82) is 0 Å². The quantitative estimate of drug-likeness (QED) is 0.766. The van der Waals surface area contributed by atoms with Gasteiger partial charge in [-0.1, -0.05) is 11.6 Å². The molecule has 2 N–H and O–H groups in total. The molecule has 0 bridgehead atoms. The second-order valence-electron chi connectivity index (χ2n) is 4.64. The zero-order chi connectivity index (χ0) is 11.9. The van der Waals surface area contributed by atoms with Crippen LogP contribution in [0, 0.1) is 0 Å². The van der Waals surface area contributed by atoms with E-state index in [4.69, 9.17) is 23.8 Å². The summed E-state index contributed by atoms with van der Waals surface area (Å²) >= 11 is 11.3. The molecule has 2 aliphatic rings. The fourth-order valence-corrected chi connectivity index (χ4v) is 3.01. The third-order valence-corrected chi connectivity index (χ3v) is 3.95. The van der Waals surface area contributed by atoms with Crippen molar-refractivity contribution in [2.75, 3.05) is 5.01 Å². The van der Waals surface area contributed by atoms with Crippen LogP contribution in [0.2, 0.25) is 5.02 Å². The van der Waals surface area contributed by atoms with Crippen molar-refractivity contribution in [2.45, 2.75) is 31.3 Å². The van der Waals surface area contributed by atoms with Gasteiger partial charge in [-0.05, 0) is 62.2 Å². The number of hydrazine groups is 1. The highest BCUT2D eigenvalue weighted by atomic mass is 35.5. The van der Waals surface area contributed by atoms with Crippen LogP contribution in [0.1, 0.15) is 25.7 Å². The van der Waals surface area contributed by atoms with Gasteiger partial charge < -0.3 is 5.32 Å². The van der Waals surface area contributed by atoms with E-state index in [-0.39, 0.29) is 5.66 Å². The minimum atomic E-state index is -0.0171. The van der Waals surface area contributed by atoms with Crippen molar-refractivity contribution in [2.24, 2.45) is 0 Å². The first-order valence-corrected chi connectivity index (χ1v) is 6.63. The average Bonchev–Trinajstić information content (AvgIpc) is 2.88. The molecule has 0 atom stereocenters. The summed E-state index contributed by atoms with van der Waals surface area (Å²) < 4.78 is 0. The molecule has 1 saturated heterocycles. The lowest BCUT2D eigenvalue weighted by Gasteiger charge is -2.24. The molecule has 1 spiro atoms. The molecule has 1 aromatic carbocycles. The first kappa shape index (κ1) is 11.3. The Kier molecular flexibility index (Phi) is 2.73. The third-order valence-electron chi connectivity index (χ3n) is 3.42. The highest BCUT2D eigenvalue weighted by molar-refractivity contribution is 7.80. The van der Waals surface area contributed by atoms with Gasteiger partial charge in [0.1, 0.15) is 5.66 Å². The molecule has 90 valence electrons. The highest BCUT2D eigenvalue weighted by Crippen LogP contribution is 2.32. The molecule has 0 aromatic heterocycles.